The van der Waals surface area contributed by atoms with Gasteiger partial charge in [0.1, 0.15) is 0 Å². The van der Waals surface area contributed by atoms with Gasteiger partial charge in [-0.1, -0.05) is 47.6 Å². The highest BCUT2D eigenvalue weighted by molar-refractivity contribution is 5.92. The Bertz CT molecular complexity index is 1250. The molecular formula is C25H26N6O2. The lowest BCUT2D eigenvalue weighted by Crippen LogP contribution is -2.48. The average Bonchev–Trinajstić information content (AvgIpc) is 3.46. The first-order valence-electron chi connectivity index (χ1n) is 11.1. The van der Waals surface area contributed by atoms with Crippen molar-refractivity contribution >= 4 is 5.91 Å². The van der Waals surface area contributed by atoms with E-state index in [0.29, 0.717) is 37.0 Å². The second kappa shape index (κ2) is 8.99. The summed E-state index contributed by atoms with van der Waals surface area (Å²) < 4.78 is 7.29. The van der Waals surface area contributed by atoms with Gasteiger partial charge in [-0.05, 0) is 37.6 Å². The van der Waals surface area contributed by atoms with Crippen LogP contribution in [-0.2, 0) is 6.54 Å². The summed E-state index contributed by atoms with van der Waals surface area (Å²) in [6.45, 7) is 7.32. The third-order valence-electron chi connectivity index (χ3n) is 5.98. The molecule has 0 spiro atoms. The summed E-state index contributed by atoms with van der Waals surface area (Å²) >= 11 is 0. The minimum Gasteiger partial charge on any atom is -0.338 e. The van der Waals surface area contributed by atoms with Crippen LogP contribution < -0.4 is 0 Å². The maximum Gasteiger partial charge on any atom is 0.274 e. The van der Waals surface area contributed by atoms with Crippen molar-refractivity contribution in [2.24, 2.45) is 0 Å². The number of para-hydroxylation sites is 1. The Morgan fingerprint density at radius 1 is 0.970 bits per heavy atom. The number of nitrogens with zero attached hydrogens (tertiary/aromatic N) is 6. The Labute approximate surface area is 192 Å². The van der Waals surface area contributed by atoms with Gasteiger partial charge in [0, 0.05) is 37.4 Å². The molecule has 1 aliphatic rings. The molecule has 1 aliphatic heterocycles. The van der Waals surface area contributed by atoms with Gasteiger partial charge in [0.2, 0.25) is 11.7 Å². The molecule has 8 heteroatoms. The molecular weight excluding hydrogens is 416 g/mol. The van der Waals surface area contributed by atoms with Crippen molar-refractivity contribution in [1.82, 2.24) is 29.7 Å². The van der Waals surface area contributed by atoms with E-state index in [4.69, 9.17) is 4.52 Å². The molecule has 1 fully saturated rings. The van der Waals surface area contributed by atoms with Gasteiger partial charge in [0.05, 0.1) is 12.2 Å². The first kappa shape index (κ1) is 21.1. The number of hydrogen-bond donors (Lipinski definition) is 0. The number of aromatic nitrogens is 4. The molecule has 0 bridgehead atoms. The first-order chi connectivity index (χ1) is 16.1. The van der Waals surface area contributed by atoms with E-state index in [9.17, 15) is 4.79 Å². The maximum absolute atomic E-state index is 13.0. The summed E-state index contributed by atoms with van der Waals surface area (Å²) in [6, 6.07) is 19.7. The zero-order chi connectivity index (χ0) is 22.8. The van der Waals surface area contributed by atoms with Crippen LogP contribution in [0.4, 0.5) is 0 Å². The van der Waals surface area contributed by atoms with Gasteiger partial charge in [-0.2, -0.15) is 10.1 Å². The molecule has 8 nitrogen and oxygen atoms in total. The molecule has 5 rings (SSSR count). The smallest absolute Gasteiger partial charge is 0.274 e. The van der Waals surface area contributed by atoms with Crippen molar-refractivity contribution < 1.29 is 9.32 Å². The quantitative estimate of drug-likeness (QED) is 0.471. The highest BCUT2D eigenvalue weighted by Gasteiger charge is 2.25. The lowest BCUT2D eigenvalue weighted by atomic mass is 10.1. The topological polar surface area (TPSA) is 80.3 Å². The maximum atomic E-state index is 13.0. The standard InChI is InChI=1S/C25H26N6O2/c1-18-8-6-7-11-21(18)24-26-23(33-28-24)17-29-12-14-30(15-13-29)25(32)22-16-19(2)31(27-22)20-9-4-3-5-10-20/h3-11,16H,12-15,17H2,1-2H3. The largest absolute Gasteiger partial charge is 0.338 e. The summed E-state index contributed by atoms with van der Waals surface area (Å²) in [4.78, 5) is 21.7. The lowest BCUT2D eigenvalue weighted by molar-refractivity contribution is 0.0609. The minimum absolute atomic E-state index is 0.0351. The summed E-state index contributed by atoms with van der Waals surface area (Å²) in [5.74, 6) is 1.17. The summed E-state index contributed by atoms with van der Waals surface area (Å²) in [5.41, 5.74) is 4.45. The number of aryl methyl sites for hydroxylation is 2. The molecule has 2 aromatic heterocycles. The zero-order valence-corrected chi connectivity index (χ0v) is 18.8. The number of piperazine rings is 1. The van der Waals surface area contributed by atoms with Crippen LogP contribution in [0.1, 0.15) is 27.6 Å². The molecule has 0 saturated carbocycles. The van der Waals surface area contributed by atoms with Gasteiger partial charge in [-0.3, -0.25) is 9.69 Å². The monoisotopic (exact) mass is 442 g/mol. The number of benzene rings is 2. The third kappa shape index (κ3) is 4.42. The van der Waals surface area contributed by atoms with Crippen LogP contribution in [-0.4, -0.2) is 61.8 Å². The van der Waals surface area contributed by atoms with Crippen molar-refractivity contribution in [3.63, 3.8) is 0 Å². The Hall–Kier alpha value is -3.78. The van der Waals surface area contributed by atoms with Crippen molar-refractivity contribution in [3.05, 3.63) is 83.5 Å². The van der Waals surface area contributed by atoms with E-state index in [2.05, 4.69) is 20.1 Å². The van der Waals surface area contributed by atoms with Gasteiger partial charge in [0.25, 0.3) is 5.91 Å². The van der Waals surface area contributed by atoms with Crippen LogP contribution in [0.5, 0.6) is 0 Å². The first-order valence-corrected chi connectivity index (χ1v) is 11.1. The molecule has 0 radical (unpaired) electrons. The second-order valence-electron chi connectivity index (χ2n) is 8.31. The molecule has 4 aromatic rings. The predicted octanol–water partition coefficient (Wildman–Crippen LogP) is 3.50. The van der Waals surface area contributed by atoms with E-state index in [1.807, 2.05) is 84.1 Å². The molecule has 0 N–H and O–H groups in total. The van der Waals surface area contributed by atoms with Crippen LogP contribution in [0, 0.1) is 13.8 Å². The molecule has 3 heterocycles. The fourth-order valence-corrected chi connectivity index (χ4v) is 4.12. The summed E-state index contributed by atoms with van der Waals surface area (Å²) in [5, 5.41) is 8.70. The average molecular weight is 443 g/mol. The minimum atomic E-state index is -0.0351. The van der Waals surface area contributed by atoms with Gasteiger partial charge in [-0.15, -0.1) is 0 Å². The Balaban J connectivity index is 1.20. The fourth-order valence-electron chi connectivity index (χ4n) is 4.12. The lowest BCUT2D eigenvalue weighted by Gasteiger charge is -2.33. The van der Waals surface area contributed by atoms with Gasteiger partial charge < -0.3 is 9.42 Å². The molecule has 33 heavy (non-hydrogen) atoms. The van der Waals surface area contributed by atoms with E-state index in [-0.39, 0.29) is 5.91 Å². The van der Waals surface area contributed by atoms with Crippen molar-refractivity contribution in [2.45, 2.75) is 20.4 Å². The molecule has 1 saturated heterocycles. The molecule has 0 atom stereocenters. The number of carbonyl (C=O) groups excluding carboxylic acids is 1. The number of rotatable bonds is 5. The Morgan fingerprint density at radius 3 is 2.45 bits per heavy atom. The SMILES string of the molecule is Cc1ccccc1-c1noc(CN2CCN(C(=O)c3cc(C)n(-c4ccccc4)n3)CC2)n1. The highest BCUT2D eigenvalue weighted by Crippen LogP contribution is 2.21. The number of carbonyl (C=O) groups is 1. The third-order valence-corrected chi connectivity index (χ3v) is 5.98. The summed E-state index contributed by atoms with van der Waals surface area (Å²) in [6.07, 6.45) is 0. The van der Waals surface area contributed by atoms with Gasteiger partial charge in [0.15, 0.2) is 5.69 Å². The number of hydrogen-bond acceptors (Lipinski definition) is 6. The molecule has 0 unspecified atom stereocenters. The highest BCUT2D eigenvalue weighted by atomic mass is 16.5. The molecule has 2 aromatic carbocycles. The second-order valence-corrected chi connectivity index (χ2v) is 8.31. The Morgan fingerprint density at radius 2 is 1.70 bits per heavy atom. The van der Waals surface area contributed by atoms with Gasteiger partial charge in [-0.25, -0.2) is 4.68 Å². The van der Waals surface area contributed by atoms with Crippen LogP contribution in [0.25, 0.3) is 17.1 Å². The predicted molar refractivity (Wildman–Crippen MR) is 124 cm³/mol. The normalized spacial score (nSPS) is 14.5. The van der Waals surface area contributed by atoms with Crippen LogP contribution >= 0.6 is 0 Å². The van der Waals surface area contributed by atoms with Crippen LogP contribution in [0.2, 0.25) is 0 Å². The van der Waals surface area contributed by atoms with E-state index in [0.717, 1.165) is 35.6 Å². The van der Waals surface area contributed by atoms with Crippen molar-refractivity contribution in [2.75, 3.05) is 26.2 Å². The zero-order valence-electron chi connectivity index (χ0n) is 18.8. The van der Waals surface area contributed by atoms with Crippen LogP contribution in [0.15, 0.2) is 65.2 Å². The fraction of sp³-hybridized carbons (Fsp3) is 0.280. The van der Waals surface area contributed by atoms with E-state index < -0.39 is 0 Å². The van der Waals surface area contributed by atoms with Crippen molar-refractivity contribution in [1.29, 1.82) is 0 Å². The molecule has 0 aliphatic carbocycles. The molecule has 1 amide bonds. The van der Waals surface area contributed by atoms with E-state index in [1.54, 1.807) is 0 Å². The van der Waals surface area contributed by atoms with Crippen molar-refractivity contribution in [3.8, 4) is 17.1 Å². The van der Waals surface area contributed by atoms with Crippen LogP contribution in [0.3, 0.4) is 0 Å². The molecule has 168 valence electrons. The Kier molecular flexibility index (Phi) is 5.75. The van der Waals surface area contributed by atoms with E-state index in [1.165, 1.54) is 0 Å². The van der Waals surface area contributed by atoms with E-state index >= 15 is 0 Å². The number of amides is 1. The summed E-state index contributed by atoms with van der Waals surface area (Å²) in [7, 11) is 0. The van der Waals surface area contributed by atoms with Gasteiger partial charge >= 0.3 is 0 Å².